The molecule has 1 amide bonds. The average molecular weight is 1250 g/mol. The highest BCUT2D eigenvalue weighted by Crippen LogP contribution is 2.20. The molecule has 0 aromatic rings. The summed E-state index contributed by atoms with van der Waals surface area (Å²) in [6.07, 6.45) is 104. The van der Waals surface area contributed by atoms with Gasteiger partial charge in [0.25, 0.3) is 0 Å². The zero-order valence-electron chi connectivity index (χ0n) is 60.2. The Morgan fingerprint density at radius 1 is 0.315 bits per heavy atom. The lowest BCUT2D eigenvalue weighted by atomic mass is 10.0. The number of carbonyl (C=O) groups excluding carboxylic acids is 2. The van der Waals surface area contributed by atoms with Gasteiger partial charge in [0.1, 0.15) is 0 Å². The SMILES string of the molecule is CCC/C=C\C/C=C\CCCCCCCC(=O)OCCCCCCCCCCCCCCCC/C=C\CCCCCCCCCCCCCCCCCCCC(=O)NC(CO)C(O)/C=C/CCCCCCCCCCCCCCCCCCCCCCCC. The molecule has 0 aliphatic rings. The second-order valence-corrected chi connectivity index (χ2v) is 27.7. The summed E-state index contributed by atoms with van der Waals surface area (Å²) in [7, 11) is 0. The maximum atomic E-state index is 12.6. The van der Waals surface area contributed by atoms with E-state index in [0.717, 1.165) is 51.4 Å². The number of esters is 1. The van der Waals surface area contributed by atoms with E-state index in [4.69, 9.17) is 4.74 Å². The van der Waals surface area contributed by atoms with Crippen LogP contribution in [0, 0.1) is 0 Å². The Labute approximate surface area is 556 Å². The molecule has 0 aromatic carbocycles. The average Bonchev–Trinajstić information content (AvgIpc) is 3.64. The fourth-order valence-corrected chi connectivity index (χ4v) is 12.7. The highest BCUT2D eigenvalue weighted by atomic mass is 16.5. The number of rotatable bonds is 76. The number of aliphatic hydroxyl groups is 2. The smallest absolute Gasteiger partial charge is 0.305 e. The second kappa shape index (κ2) is 78.3. The van der Waals surface area contributed by atoms with Gasteiger partial charge in [-0.05, 0) is 83.5 Å². The number of aliphatic hydroxyl groups excluding tert-OH is 2. The van der Waals surface area contributed by atoms with E-state index in [9.17, 15) is 19.8 Å². The van der Waals surface area contributed by atoms with Crippen molar-refractivity contribution < 1.29 is 24.5 Å². The Morgan fingerprint density at radius 3 is 0.910 bits per heavy atom. The van der Waals surface area contributed by atoms with Crippen molar-refractivity contribution in [1.82, 2.24) is 5.32 Å². The topological polar surface area (TPSA) is 95.9 Å². The molecule has 0 fully saturated rings. The van der Waals surface area contributed by atoms with E-state index in [0.29, 0.717) is 19.4 Å². The largest absolute Gasteiger partial charge is 0.466 e. The molecule has 0 aromatic heterocycles. The summed E-state index contributed by atoms with van der Waals surface area (Å²) in [6.45, 7) is 4.88. The fraction of sp³-hybridized carbons (Fsp3) is 0.880. The molecule has 0 spiro atoms. The molecule has 0 saturated heterocycles. The minimum absolute atomic E-state index is 0.00494. The van der Waals surface area contributed by atoms with Gasteiger partial charge in [0.15, 0.2) is 0 Å². The van der Waals surface area contributed by atoms with Crippen LogP contribution in [0.25, 0.3) is 0 Å². The molecule has 0 aliphatic heterocycles. The number of nitrogens with one attached hydrogen (secondary N) is 1. The maximum absolute atomic E-state index is 12.6. The van der Waals surface area contributed by atoms with Crippen molar-refractivity contribution in [2.75, 3.05) is 13.2 Å². The van der Waals surface area contributed by atoms with E-state index in [2.05, 4.69) is 55.6 Å². The number of ether oxygens (including phenoxy) is 1. The van der Waals surface area contributed by atoms with Crippen molar-refractivity contribution in [3.63, 3.8) is 0 Å². The van der Waals surface area contributed by atoms with Crippen LogP contribution in [0.15, 0.2) is 48.6 Å². The molecule has 0 bridgehead atoms. The molecule has 2 atom stereocenters. The summed E-state index contributed by atoms with van der Waals surface area (Å²) in [5.41, 5.74) is 0. The van der Waals surface area contributed by atoms with Crippen LogP contribution in [-0.2, 0) is 14.3 Å². The van der Waals surface area contributed by atoms with Gasteiger partial charge in [-0.1, -0.05) is 396 Å². The summed E-state index contributed by atoms with van der Waals surface area (Å²) >= 11 is 0. The van der Waals surface area contributed by atoms with Crippen molar-refractivity contribution >= 4 is 11.9 Å². The van der Waals surface area contributed by atoms with Gasteiger partial charge in [-0.25, -0.2) is 0 Å². The van der Waals surface area contributed by atoms with Crippen LogP contribution in [0.1, 0.15) is 444 Å². The van der Waals surface area contributed by atoms with E-state index in [1.807, 2.05) is 6.08 Å². The number of amides is 1. The lowest BCUT2D eigenvalue weighted by molar-refractivity contribution is -0.143. The second-order valence-electron chi connectivity index (χ2n) is 27.7. The molecular formula is C83H157NO5. The number of carbonyl (C=O) groups is 2. The van der Waals surface area contributed by atoms with Crippen LogP contribution < -0.4 is 5.32 Å². The normalized spacial score (nSPS) is 12.7. The highest BCUT2D eigenvalue weighted by Gasteiger charge is 2.18. The monoisotopic (exact) mass is 1250 g/mol. The van der Waals surface area contributed by atoms with Gasteiger partial charge < -0.3 is 20.3 Å². The third-order valence-corrected chi connectivity index (χ3v) is 18.8. The van der Waals surface area contributed by atoms with Crippen molar-refractivity contribution in [2.45, 2.75) is 456 Å². The highest BCUT2D eigenvalue weighted by molar-refractivity contribution is 5.76. The van der Waals surface area contributed by atoms with Gasteiger partial charge >= 0.3 is 5.97 Å². The van der Waals surface area contributed by atoms with Crippen molar-refractivity contribution in [1.29, 1.82) is 0 Å². The molecule has 89 heavy (non-hydrogen) atoms. The van der Waals surface area contributed by atoms with Gasteiger partial charge in [-0.2, -0.15) is 0 Å². The van der Waals surface area contributed by atoms with E-state index >= 15 is 0 Å². The predicted octanol–water partition coefficient (Wildman–Crippen LogP) is 26.8. The van der Waals surface area contributed by atoms with Crippen LogP contribution in [0.4, 0.5) is 0 Å². The molecule has 0 rings (SSSR count). The molecule has 0 saturated carbocycles. The summed E-state index contributed by atoms with van der Waals surface area (Å²) < 4.78 is 5.48. The molecule has 0 heterocycles. The first kappa shape index (κ1) is 86.8. The van der Waals surface area contributed by atoms with Gasteiger partial charge in [-0.15, -0.1) is 0 Å². The predicted molar refractivity (Wildman–Crippen MR) is 393 cm³/mol. The van der Waals surface area contributed by atoms with Crippen LogP contribution >= 0.6 is 0 Å². The molecule has 0 radical (unpaired) electrons. The summed E-state index contributed by atoms with van der Waals surface area (Å²) in [4.78, 5) is 24.6. The van der Waals surface area contributed by atoms with Gasteiger partial charge in [0.05, 0.1) is 25.4 Å². The number of hydrogen-bond donors (Lipinski definition) is 3. The van der Waals surface area contributed by atoms with E-state index < -0.39 is 12.1 Å². The molecule has 3 N–H and O–H groups in total. The number of allylic oxidation sites excluding steroid dienone is 7. The lowest BCUT2D eigenvalue weighted by Crippen LogP contribution is -2.45. The Bertz CT molecular complexity index is 1490. The van der Waals surface area contributed by atoms with Crippen LogP contribution in [0.5, 0.6) is 0 Å². The van der Waals surface area contributed by atoms with Crippen LogP contribution in [0.2, 0.25) is 0 Å². The third kappa shape index (κ3) is 74.7. The summed E-state index contributed by atoms with van der Waals surface area (Å²) in [6, 6.07) is -0.627. The van der Waals surface area contributed by atoms with Crippen molar-refractivity contribution in [3.8, 4) is 0 Å². The Hall–Kier alpha value is -2.18. The first-order valence-corrected chi connectivity index (χ1v) is 40.4. The Morgan fingerprint density at radius 2 is 0.584 bits per heavy atom. The minimum Gasteiger partial charge on any atom is -0.466 e. The molecule has 0 aliphatic carbocycles. The molecular weight excluding hydrogens is 1090 g/mol. The van der Waals surface area contributed by atoms with Gasteiger partial charge in [0.2, 0.25) is 5.91 Å². The van der Waals surface area contributed by atoms with Crippen LogP contribution in [0.3, 0.4) is 0 Å². The van der Waals surface area contributed by atoms with Crippen molar-refractivity contribution in [3.05, 3.63) is 48.6 Å². The zero-order valence-corrected chi connectivity index (χ0v) is 60.2. The van der Waals surface area contributed by atoms with Gasteiger partial charge in [-0.3, -0.25) is 9.59 Å². The van der Waals surface area contributed by atoms with Gasteiger partial charge in [0, 0.05) is 12.8 Å². The van der Waals surface area contributed by atoms with Crippen LogP contribution in [-0.4, -0.2) is 47.4 Å². The standard InChI is InChI=1S/C83H157NO5/c1-3-5-7-9-11-13-15-17-18-19-20-21-22-36-39-42-45-48-52-55-59-63-67-71-75-81(86)80(79-85)84-82(87)76-72-68-64-60-56-53-49-46-43-40-37-34-32-30-28-26-24-23-25-27-29-31-33-35-38-41-44-47-50-54-58-62-66-70-74-78-89-83(88)77-73-69-65-61-57-51-16-14-12-10-8-6-4-2/h8,10,14,16,25,27,71,75,80-81,85-86H,3-7,9,11-13,15,17-24,26,28-70,72-74,76-79H2,1-2H3,(H,84,87)/b10-8-,16-14-,27-25-,75-71+. The number of hydrogen-bond acceptors (Lipinski definition) is 5. The third-order valence-electron chi connectivity index (χ3n) is 18.8. The zero-order chi connectivity index (χ0) is 64.2. The quantitative estimate of drug-likeness (QED) is 0.0320. The number of unbranched alkanes of at least 4 members (excludes halogenated alkanes) is 59. The molecule has 524 valence electrons. The lowest BCUT2D eigenvalue weighted by Gasteiger charge is -2.20. The molecule has 6 nitrogen and oxygen atoms in total. The molecule has 2 unspecified atom stereocenters. The first-order valence-electron chi connectivity index (χ1n) is 40.4. The summed E-state index contributed by atoms with van der Waals surface area (Å²) in [5.74, 6) is -0.0547. The van der Waals surface area contributed by atoms with E-state index in [-0.39, 0.29) is 18.5 Å². The Kier molecular flexibility index (Phi) is 76.3. The fourth-order valence-electron chi connectivity index (χ4n) is 12.7. The maximum Gasteiger partial charge on any atom is 0.305 e. The van der Waals surface area contributed by atoms with E-state index in [1.54, 1.807) is 6.08 Å². The minimum atomic E-state index is -0.844. The Balaban J connectivity index is 3.37. The summed E-state index contributed by atoms with van der Waals surface area (Å²) in [5, 5.41) is 23.3. The van der Waals surface area contributed by atoms with Crippen molar-refractivity contribution in [2.24, 2.45) is 0 Å². The van der Waals surface area contributed by atoms with E-state index in [1.165, 1.54) is 366 Å². The molecule has 6 heteroatoms. The first-order chi connectivity index (χ1) is 44.0.